The van der Waals surface area contributed by atoms with Crippen molar-refractivity contribution >= 4 is 10.9 Å². The van der Waals surface area contributed by atoms with Crippen LogP contribution in [0.2, 0.25) is 0 Å². The van der Waals surface area contributed by atoms with Gasteiger partial charge in [0.15, 0.2) is 0 Å². The number of likely N-dealkylation sites (tertiary alicyclic amines) is 1. The smallest absolute Gasteiger partial charge is 0.0705 e. The number of para-hydroxylation sites is 1. The van der Waals surface area contributed by atoms with Crippen LogP contribution in [0.4, 0.5) is 0 Å². The summed E-state index contributed by atoms with van der Waals surface area (Å²) in [5.74, 6) is 0.562. The third-order valence-corrected chi connectivity index (χ3v) is 4.82. The van der Waals surface area contributed by atoms with E-state index in [0.717, 1.165) is 30.8 Å². The quantitative estimate of drug-likeness (QED) is 0.803. The first-order valence-corrected chi connectivity index (χ1v) is 8.36. The van der Waals surface area contributed by atoms with Crippen molar-refractivity contribution in [2.45, 2.75) is 32.2 Å². The number of nitrogens with zero attached hydrogens (tertiary/aromatic N) is 3. The number of benzene rings is 1. The number of aromatic nitrogens is 3. The highest BCUT2D eigenvalue weighted by atomic mass is 15.2. The van der Waals surface area contributed by atoms with Gasteiger partial charge in [0.05, 0.1) is 17.4 Å². The van der Waals surface area contributed by atoms with Crippen LogP contribution in [0.1, 0.15) is 35.7 Å². The van der Waals surface area contributed by atoms with Crippen molar-refractivity contribution in [3.05, 3.63) is 59.5 Å². The molecule has 1 saturated heterocycles. The average Bonchev–Trinajstić information content (AvgIpc) is 3.01. The third kappa shape index (κ3) is 2.99. The molecule has 1 aliphatic heterocycles. The van der Waals surface area contributed by atoms with Crippen LogP contribution >= 0.6 is 0 Å². The highest BCUT2D eigenvalue weighted by Crippen LogP contribution is 2.28. The molecule has 4 heteroatoms. The van der Waals surface area contributed by atoms with Gasteiger partial charge in [-0.2, -0.15) is 5.10 Å². The molecule has 0 radical (unpaired) electrons. The molecule has 2 aromatic heterocycles. The third-order valence-electron chi connectivity index (χ3n) is 4.82. The molecule has 3 aromatic rings. The van der Waals surface area contributed by atoms with Crippen molar-refractivity contribution in [1.82, 2.24) is 20.1 Å². The van der Waals surface area contributed by atoms with E-state index in [1.54, 1.807) is 0 Å². The first-order valence-electron chi connectivity index (χ1n) is 8.36. The topological polar surface area (TPSA) is 44.8 Å². The first kappa shape index (κ1) is 14.4. The standard InChI is InChI=1S/C19H22N4/c1-14-11-20-22-19(14)16-6-4-10-23(12-16)13-17-9-8-15-5-2-3-7-18(15)21-17/h2-3,5,7-9,11,16H,4,6,10,12-13H2,1H3,(H,20,22). The van der Waals surface area contributed by atoms with Gasteiger partial charge in [0, 0.05) is 30.1 Å². The predicted molar refractivity (Wildman–Crippen MR) is 92.3 cm³/mol. The van der Waals surface area contributed by atoms with Crippen LogP contribution in [0.3, 0.4) is 0 Å². The normalized spacial score (nSPS) is 19.3. The summed E-state index contributed by atoms with van der Waals surface area (Å²) in [5, 5.41) is 8.58. The monoisotopic (exact) mass is 306 g/mol. The van der Waals surface area contributed by atoms with E-state index in [2.05, 4.69) is 58.4 Å². The number of hydrogen-bond donors (Lipinski definition) is 1. The van der Waals surface area contributed by atoms with E-state index < -0.39 is 0 Å². The fourth-order valence-corrected chi connectivity index (χ4v) is 3.63. The molecule has 0 bridgehead atoms. The number of rotatable bonds is 3. The minimum Gasteiger partial charge on any atom is -0.297 e. The number of pyridine rings is 1. The lowest BCUT2D eigenvalue weighted by Crippen LogP contribution is -2.34. The van der Waals surface area contributed by atoms with Crippen molar-refractivity contribution in [1.29, 1.82) is 0 Å². The molecule has 1 atom stereocenters. The molecule has 1 aromatic carbocycles. The van der Waals surface area contributed by atoms with Crippen molar-refractivity contribution in [2.24, 2.45) is 0 Å². The van der Waals surface area contributed by atoms with Gasteiger partial charge >= 0.3 is 0 Å². The maximum Gasteiger partial charge on any atom is 0.0705 e. The Hall–Kier alpha value is -2.20. The van der Waals surface area contributed by atoms with Crippen LogP contribution in [0.15, 0.2) is 42.6 Å². The number of aryl methyl sites for hydroxylation is 1. The summed E-state index contributed by atoms with van der Waals surface area (Å²) in [6, 6.07) is 12.7. The molecule has 0 spiro atoms. The van der Waals surface area contributed by atoms with Crippen LogP contribution in [0, 0.1) is 6.92 Å². The highest BCUT2D eigenvalue weighted by Gasteiger charge is 2.23. The maximum atomic E-state index is 4.81. The van der Waals surface area contributed by atoms with E-state index in [1.807, 2.05) is 6.20 Å². The van der Waals surface area contributed by atoms with E-state index >= 15 is 0 Å². The lowest BCUT2D eigenvalue weighted by atomic mass is 9.93. The van der Waals surface area contributed by atoms with E-state index in [0.29, 0.717) is 5.92 Å². The number of H-pyrrole nitrogens is 1. The zero-order valence-electron chi connectivity index (χ0n) is 13.5. The lowest BCUT2D eigenvalue weighted by molar-refractivity contribution is 0.196. The largest absolute Gasteiger partial charge is 0.297 e. The number of nitrogens with one attached hydrogen (secondary N) is 1. The summed E-state index contributed by atoms with van der Waals surface area (Å²) in [4.78, 5) is 7.33. The van der Waals surface area contributed by atoms with Gasteiger partial charge in [-0.05, 0) is 44.0 Å². The van der Waals surface area contributed by atoms with Crippen LogP contribution in [-0.2, 0) is 6.54 Å². The second kappa shape index (κ2) is 6.13. The molecular formula is C19H22N4. The fraction of sp³-hybridized carbons (Fsp3) is 0.368. The summed E-state index contributed by atoms with van der Waals surface area (Å²) in [6.45, 7) is 5.30. The number of hydrogen-bond acceptors (Lipinski definition) is 3. The molecule has 3 heterocycles. The van der Waals surface area contributed by atoms with Gasteiger partial charge < -0.3 is 0 Å². The van der Waals surface area contributed by atoms with Crippen molar-refractivity contribution in [2.75, 3.05) is 13.1 Å². The molecule has 1 aliphatic rings. The Morgan fingerprint density at radius 3 is 3.00 bits per heavy atom. The van der Waals surface area contributed by atoms with Gasteiger partial charge in [0.25, 0.3) is 0 Å². The summed E-state index contributed by atoms with van der Waals surface area (Å²) < 4.78 is 0. The molecule has 1 unspecified atom stereocenters. The SMILES string of the molecule is Cc1cn[nH]c1C1CCCN(Cc2ccc3ccccc3n2)C1. The van der Waals surface area contributed by atoms with Crippen molar-refractivity contribution in [3.8, 4) is 0 Å². The average molecular weight is 306 g/mol. The Kier molecular flexibility index (Phi) is 3.83. The minimum absolute atomic E-state index is 0.562. The molecule has 4 rings (SSSR count). The molecule has 0 amide bonds. The second-order valence-corrected chi connectivity index (χ2v) is 6.54. The van der Waals surface area contributed by atoms with Crippen molar-refractivity contribution < 1.29 is 0 Å². The molecule has 23 heavy (non-hydrogen) atoms. The molecule has 1 fully saturated rings. The predicted octanol–water partition coefficient (Wildman–Crippen LogP) is 3.65. The Balaban J connectivity index is 1.50. The van der Waals surface area contributed by atoms with Crippen LogP contribution < -0.4 is 0 Å². The van der Waals surface area contributed by atoms with Crippen LogP contribution in [-0.4, -0.2) is 33.2 Å². The number of piperidine rings is 1. The minimum atomic E-state index is 0.562. The molecule has 1 N–H and O–H groups in total. The van der Waals surface area contributed by atoms with Gasteiger partial charge in [-0.3, -0.25) is 15.0 Å². The van der Waals surface area contributed by atoms with E-state index in [1.165, 1.54) is 29.5 Å². The summed E-state index contributed by atoms with van der Waals surface area (Å²) >= 11 is 0. The van der Waals surface area contributed by atoms with Crippen LogP contribution in [0.25, 0.3) is 10.9 Å². The highest BCUT2D eigenvalue weighted by molar-refractivity contribution is 5.78. The Morgan fingerprint density at radius 2 is 2.13 bits per heavy atom. The lowest BCUT2D eigenvalue weighted by Gasteiger charge is -2.32. The summed E-state index contributed by atoms with van der Waals surface area (Å²) in [7, 11) is 0. The first-order chi connectivity index (χ1) is 11.3. The Bertz CT molecular complexity index is 808. The zero-order valence-corrected chi connectivity index (χ0v) is 13.5. The van der Waals surface area contributed by atoms with Gasteiger partial charge in [-0.1, -0.05) is 24.3 Å². The molecule has 118 valence electrons. The van der Waals surface area contributed by atoms with Gasteiger partial charge in [-0.25, -0.2) is 0 Å². The maximum absolute atomic E-state index is 4.81. The van der Waals surface area contributed by atoms with Gasteiger partial charge in [-0.15, -0.1) is 0 Å². The molecular weight excluding hydrogens is 284 g/mol. The molecule has 0 aliphatic carbocycles. The van der Waals surface area contributed by atoms with E-state index in [4.69, 9.17) is 4.98 Å². The Labute approximate surface area is 136 Å². The van der Waals surface area contributed by atoms with E-state index in [-0.39, 0.29) is 0 Å². The number of fused-ring (bicyclic) bond motifs is 1. The second-order valence-electron chi connectivity index (χ2n) is 6.54. The number of aromatic amines is 1. The fourth-order valence-electron chi connectivity index (χ4n) is 3.63. The van der Waals surface area contributed by atoms with Crippen LogP contribution in [0.5, 0.6) is 0 Å². The molecule has 4 nitrogen and oxygen atoms in total. The summed E-state index contributed by atoms with van der Waals surface area (Å²) in [6.07, 6.45) is 4.40. The van der Waals surface area contributed by atoms with Gasteiger partial charge in [0.2, 0.25) is 0 Å². The Morgan fingerprint density at radius 1 is 1.22 bits per heavy atom. The van der Waals surface area contributed by atoms with Gasteiger partial charge in [0.1, 0.15) is 0 Å². The summed E-state index contributed by atoms with van der Waals surface area (Å²) in [5.41, 5.74) is 4.83. The molecule has 0 saturated carbocycles. The van der Waals surface area contributed by atoms with Crippen molar-refractivity contribution in [3.63, 3.8) is 0 Å². The van der Waals surface area contributed by atoms with E-state index in [9.17, 15) is 0 Å². The zero-order chi connectivity index (χ0) is 15.6.